The molecule has 0 aromatic heterocycles. The lowest BCUT2D eigenvalue weighted by molar-refractivity contribution is -0.161. The van der Waals surface area contributed by atoms with Gasteiger partial charge >= 0.3 is 39.5 Å². The number of esters is 4. The SMILES string of the molecule is CCCCCCCCCCCCCCCCCCC(=O)O[C@H](COC(=O)CCCCCCCCCCCCCCCCC)COP(=O)(O)OC[C@@H](O)COP(=O)(O)OC[C@@H](COC(=O)CCCCCCCCCCC)OC(=O)CCCCCCCCCCCCC(C)C. The number of unbranched alkanes of at least 4 members (excludes halogenated alkanes) is 46. The van der Waals surface area contributed by atoms with Gasteiger partial charge in [0.15, 0.2) is 12.2 Å². The maximum absolute atomic E-state index is 13.1. The fourth-order valence-electron chi connectivity index (χ4n) is 11.4. The number of phosphoric ester groups is 2. The predicted molar refractivity (Wildman–Crippen MR) is 377 cm³/mol. The first-order valence-corrected chi connectivity index (χ1v) is 41.6. The monoisotopic (exact) mass is 1370 g/mol. The molecular weight excluding hydrogens is 1220 g/mol. The molecule has 0 heterocycles. The molecule has 0 saturated heterocycles. The van der Waals surface area contributed by atoms with Crippen LogP contribution < -0.4 is 0 Å². The molecule has 3 N–H and O–H groups in total. The minimum absolute atomic E-state index is 0.106. The Morgan fingerprint density at radius 3 is 0.731 bits per heavy atom. The highest BCUT2D eigenvalue weighted by atomic mass is 31.2. The number of hydrogen-bond acceptors (Lipinski definition) is 15. The van der Waals surface area contributed by atoms with Crippen LogP contribution in [0.15, 0.2) is 0 Å². The van der Waals surface area contributed by atoms with E-state index in [1.165, 1.54) is 212 Å². The van der Waals surface area contributed by atoms with Crippen LogP contribution in [0.4, 0.5) is 0 Å². The zero-order valence-corrected chi connectivity index (χ0v) is 62.2. The van der Waals surface area contributed by atoms with Gasteiger partial charge in [-0.3, -0.25) is 37.3 Å². The van der Waals surface area contributed by atoms with Gasteiger partial charge in [0.2, 0.25) is 0 Å². The Hall–Kier alpha value is -1.94. The van der Waals surface area contributed by atoms with Crippen LogP contribution in [0.25, 0.3) is 0 Å². The Balaban J connectivity index is 5.23. The van der Waals surface area contributed by atoms with E-state index in [2.05, 4.69) is 34.6 Å². The molecular formula is C74H144O17P2. The van der Waals surface area contributed by atoms with Gasteiger partial charge in [-0.25, -0.2) is 9.13 Å². The summed E-state index contributed by atoms with van der Waals surface area (Å²) in [6.45, 7) is 7.26. The van der Waals surface area contributed by atoms with E-state index in [1.807, 2.05) is 0 Å². The van der Waals surface area contributed by atoms with Crippen molar-refractivity contribution in [2.75, 3.05) is 39.6 Å². The fourth-order valence-corrected chi connectivity index (χ4v) is 12.9. The van der Waals surface area contributed by atoms with Crippen LogP contribution >= 0.6 is 15.6 Å². The molecule has 17 nitrogen and oxygen atoms in total. The summed E-state index contributed by atoms with van der Waals surface area (Å²) in [5.74, 6) is -1.36. The minimum Gasteiger partial charge on any atom is -0.462 e. The van der Waals surface area contributed by atoms with Crippen molar-refractivity contribution in [1.82, 2.24) is 0 Å². The molecule has 0 spiro atoms. The first-order chi connectivity index (χ1) is 45.0. The van der Waals surface area contributed by atoms with E-state index in [0.29, 0.717) is 25.7 Å². The fraction of sp³-hybridized carbons (Fsp3) is 0.946. The third-order valence-electron chi connectivity index (χ3n) is 17.3. The second-order valence-electron chi connectivity index (χ2n) is 27.2. The number of rotatable bonds is 74. The number of phosphoric acid groups is 2. The Morgan fingerprint density at radius 1 is 0.290 bits per heavy atom. The molecule has 0 radical (unpaired) electrons. The summed E-state index contributed by atoms with van der Waals surface area (Å²) in [6.07, 6.45) is 55.4. The van der Waals surface area contributed by atoms with Gasteiger partial charge in [-0.1, -0.05) is 336 Å². The van der Waals surface area contributed by atoms with Crippen LogP contribution in [0.2, 0.25) is 0 Å². The molecule has 0 aliphatic heterocycles. The molecule has 0 aromatic carbocycles. The van der Waals surface area contributed by atoms with E-state index in [1.54, 1.807) is 0 Å². The van der Waals surface area contributed by atoms with E-state index in [0.717, 1.165) is 95.8 Å². The zero-order valence-electron chi connectivity index (χ0n) is 60.4. The smallest absolute Gasteiger partial charge is 0.462 e. The second-order valence-corrected chi connectivity index (χ2v) is 30.1. The van der Waals surface area contributed by atoms with Crippen LogP contribution in [-0.4, -0.2) is 96.7 Å². The summed E-state index contributed by atoms with van der Waals surface area (Å²) in [5.41, 5.74) is 0. The zero-order chi connectivity index (χ0) is 68.4. The van der Waals surface area contributed by atoms with Gasteiger partial charge in [0, 0.05) is 25.7 Å². The normalized spacial score (nSPS) is 14.0. The van der Waals surface area contributed by atoms with Gasteiger partial charge in [0.25, 0.3) is 0 Å². The summed E-state index contributed by atoms with van der Waals surface area (Å²) in [5, 5.41) is 10.6. The van der Waals surface area contributed by atoms with E-state index >= 15 is 0 Å². The molecule has 0 aliphatic carbocycles. The van der Waals surface area contributed by atoms with Gasteiger partial charge < -0.3 is 33.8 Å². The lowest BCUT2D eigenvalue weighted by atomic mass is 10.0. The van der Waals surface area contributed by atoms with Crippen molar-refractivity contribution in [3.8, 4) is 0 Å². The predicted octanol–water partition coefficient (Wildman–Crippen LogP) is 21.7. The highest BCUT2D eigenvalue weighted by molar-refractivity contribution is 7.47. The average molecular weight is 1370 g/mol. The van der Waals surface area contributed by atoms with Crippen LogP contribution in [0.5, 0.6) is 0 Å². The standard InChI is InChI=1S/C74H144O17P2/c1-6-9-12-15-18-21-23-25-27-29-31-33-39-44-49-54-59-73(78)90-70(64-85-72(77)58-53-48-43-38-32-30-28-26-24-22-19-16-13-10-7-2)66-89-93(82,83)87-62-68(75)61-86-92(80,81)88-65-69(63-84-71(76)57-52-47-42-36-20-17-14-11-8-3)91-74(79)60-55-50-45-40-35-34-37-41-46-51-56-67(4)5/h67-70,75H,6-66H2,1-5H3,(H,80,81)(H,82,83)/t68-,69+,70+/m0/s1. The van der Waals surface area contributed by atoms with Crippen molar-refractivity contribution in [2.24, 2.45) is 5.92 Å². The highest BCUT2D eigenvalue weighted by Crippen LogP contribution is 2.45. The maximum atomic E-state index is 13.1. The van der Waals surface area contributed by atoms with Crippen molar-refractivity contribution >= 4 is 39.5 Å². The molecule has 0 saturated carbocycles. The van der Waals surface area contributed by atoms with Crippen molar-refractivity contribution in [1.29, 1.82) is 0 Å². The first kappa shape index (κ1) is 91.1. The molecule has 19 heteroatoms. The van der Waals surface area contributed by atoms with Crippen LogP contribution in [0.3, 0.4) is 0 Å². The number of carbonyl (C=O) groups excluding carboxylic acids is 4. The molecule has 552 valence electrons. The third-order valence-corrected chi connectivity index (χ3v) is 19.2. The Kier molecular flexibility index (Phi) is 65.9. The topological polar surface area (TPSA) is 237 Å². The van der Waals surface area contributed by atoms with Gasteiger partial charge in [0.05, 0.1) is 26.4 Å². The molecule has 0 amide bonds. The van der Waals surface area contributed by atoms with Crippen molar-refractivity contribution in [2.45, 2.75) is 406 Å². The number of ether oxygens (including phenoxy) is 4. The van der Waals surface area contributed by atoms with Gasteiger partial charge in [-0.15, -0.1) is 0 Å². The maximum Gasteiger partial charge on any atom is 0.472 e. The minimum atomic E-state index is -4.95. The van der Waals surface area contributed by atoms with Crippen molar-refractivity contribution in [3.05, 3.63) is 0 Å². The molecule has 0 bridgehead atoms. The Labute approximate surface area is 568 Å². The van der Waals surface area contributed by atoms with Gasteiger partial charge in [0.1, 0.15) is 19.3 Å². The Morgan fingerprint density at radius 2 is 0.495 bits per heavy atom. The molecule has 2 unspecified atom stereocenters. The lowest BCUT2D eigenvalue weighted by Crippen LogP contribution is -2.30. The van der Waals surface area contributed by atoms with E-state index in [9.17, 15) is 43.2 Å². The Bertz CT molecular complexity index is 1790. The first-order valence-electron chi connectivity index (χ1n) is 38.6. The van der Waals surface area contributed by atoms with Gasteiger partial charge in [-0.05, 0) is 31.6 Å². The average Bonchev–Trinajstić information content (AvgIpc) is 1.69. The quantitative estimate of drug-likeness (QED) is 0.0222. The van der Waals surface area contributed by atoms with Crippen LogP contribution in [0, 0.1) is 5.92 Å². The van der Waals surface area contributed by atoms with Gasteiger partial charge in [-0.2, -0.15) is 0 Å². The third kappa shape index (κ3) is 68.4. The molecule has 0 aromatic rings. The summed E-state index contributed by atoms with van der Waals surface area (Å²) >= 11 is 0. The summed E-state index contributed by atoms with van der Waals surface area (Å²) in [6, 6.07) is 0. The largest absolute Gasteiger partial charge is 0.472 e. The summed E-state index contributed by atoms with van der Waals surface area (Å²) < 4.78 is 68.4. The lowest BCUT2D eigenvalue weighted by Gasteiger charge is -2.21. The van der Waals surface area contributed by atoms with Crippen molar-refractivity contribution < 1.29 is 80.2 Å². The van der Waals surface area contributed by atoms with Crippen LogP contribution in [0.1, 0.15) is 388 Å². The summed E-state index contributed by atoms with van der Waals surface area (Å²) in [4.78, 5) is 72.7. The number of hydrogen-bond donors (Lipinski definition) is 3. The highest BCUT2D eigenvalue weighted by Gasteiger charge is 2.30. The number of aliphatic hydroxyl groups is 1. The van der Waals surface area contributed by atoms with E-state index in [4.69, 9.17) is 37.0 Å². The molecule has 0 fully saturated rings. The molecule has 0 rings (SSSR count). The van der Waals surface area contributed by atoms with Crippen molar-refractivity contribution in [3.63, 3.8) is 0 Å². The number of carbonyl (C=O) groups is 4. The second kappa shape index (κ2) is 67.3. The number of aliphatic hydroxyl groups excluding tert-OH is 1. The molecule has 0 aliphatic rings. The molecule has 93 heavy (non-hydrogen) atoms. The van der Waals surface area contributed by atoms with E-state index < -0.39 is 97.5 Å². The van der Waals surface area contributed by atoms with E-state index in [-0.39, 0.29) is 25.7 Å². The molecule has 5 atom stereocenters. The summed E-state index contributed by atoms with van der Waals surface area (Å²) in [7, 11) is -9.90. The van der Waals surface area contributed by atoms with Crippen LogP contribution in [-0.2, 0) is 65.4 Å².